The Balaban J connectivity index is 2.36. The Morgan fingerprint density at radius 2 is 1.55 bits per heavy atom. The highest BCUT2D eigenvalue weighted by Gasteiger charge is 2.16. The van der Waals surface area contributed by atoms with Crippen molar-refractivity contribution < 1.29 is 18.8 Å². The topological polar surface area (TPSA) is 36.5 Å². The number of nitrogens with zero attached hydrogens (tertiary/aromatic N) is 2. The molecule has 0 aliphatic rings. The minimum Gasteiger partial charge on any atom is -0.490 e. The number of ether oxygens (including phenoxy) is 3. The van der Waals surface area contributed by atoms with Gasteiger partial charge in [0.05, 0.1) is 26.9 Å². The number of hydrogen-bond acceptors (Lipinski definition) is 3. The van der Waals surface area contributed by atoms with Gasteiger partial charge in [-0.25, -0.2) is 9.13 Å². The van der Waals surface area contributed by atoms with Gasteiger partial charge in [-0.05, 0) is 32.9 Å². The van der Waals surface area contributed by atoms with E-state index in [1.54, 1.807) is 0 Å². The quantitative estimate of drug-likeness (QED) is 0.703. The molecule has 2 aromatic rings. The Labute approximate surface area is 132 Å². The smallest absolute Gasteiger partial charge is 0.243 e. The molecule has 0 N–H and O–H groups in total. The summed E-state index contributed by atoms with van der Waals surface area (Å²) in [6.07, 6.45) is 6.09. The summed E-state index contributed by atoms with van der Waals surface area (Å²) in [5.74, 6) is 2.16. The van der Waals surface area contributed by atoms with Crippen molar-refractivity contribution in [1.82, 2.24) is 4.57 Å². The van der Waals surface area contributed by atoms with Crippen molar-refractivity contribution in [3.05, 3.63) is 36.4 Å². The second-order valence-electron chi connectivity index (χ2n) is 4.97. The Morgan fingerprint density at radius 1 is 0.955 bits per heavy atom. The Hall–Kier alpha value is -2.17. The Kier molecular flexibility index (Phi) is 5.69. The normalized spacial score (nSPS) is 10.5. The van der Waals surface area contributed by atoms with Crippen LogP contribution in [0.3, 0.4) is 0 Å². The van der Waals surface area contributed by atoms with Crippen molar-refractivity contribution in [1.29, 1.82) is 0 Å². The van der Waals surface area contributed by atoms with Gasteiger partial charge in [0.2, 0.25) is 12.1 Å². The number of imidazole rings is 1. The molecule has 1 aromatic carbocycles. The van der Waals surface area contributed by atoms with Gasteiger partial charge in [-0.1, -0.05) is 0 Å². The number of hydrogen-bond donors (Lipinski definition) is 0. The SMILES string of the molecule is CCOc1cc(Cn2cc[n+](C)c2)cc(OCC)c1OCC. The predicted molar refractivity (Wildman–Crippen MR) is 84.7 cm³/mol. The van der Waals surface area contributed by atoms with Crippen molar-refractivity contribution in [2.24, 2.45) is 7.05 Å². The standard InChI is InChI=1S/C17H25N2O3/c1-5-20-15-10-14(12-19-9-8-18(4)13-19)11-16(21-6-2)17(15)22-7-3/h8-11,13H,5-7,12H2,1-4H3/q+1. The molecule has 0 saturated carbocycles. The van der Waals surface area contributed by atoms with E-state index in [9.17, 15) is 0 Å². The summed E-state index contributed by atoms with van der Waals surface area (Å²) in [4.78, 5) is 0. The zero-order chi connectivity index (χ0) is 15.9. The van der Waals surface area contributed by atoms with E-state index in [2.05, 4.69) is 4.57 Å². The van der Waals surface area contributed by atoms with Crippen LogP contribution >= 0.6 is 0 Å². The molecule has 0 saturated heterocycles. The summed E-state index contributed by atoms with van der Waals surface area (Å²) in [6, 6.07) is 4.05. The molecule has 0 aliphatic carbocycles. The number of aromatic nitrogens is 2. The van der Waals surface area contributed by atoms with E-state index in [1.165, 1.54) is 0 Å². The highest BCUT2D eigenvalue weighted by molar-refractivity contribution is 5.54. The van der Waals surface area contributed by atoms with E-state index in [0.29, 0.717) is 25.6 Å². The van der Waals surface area contributed by atoms with Crippen LogP contribution in [0, 0.1) is 0 Å². The average molecular weight is 305 g/mol. The van der Waals surface area contributed by atoms with E-state index in [0.717, 1.165) is 23.6 Å². The van der Waals surface area contributed by atoms with Crippen molar-refractivity contribution in [3.8, 4) is 17.2 Å². The third kappa shape index (κ3) is 3.93. The fourth-order valence-electron chi connectivity index (χ4n) is 2.34. The molecule has 0 atom stereocenters. The molecule has 0 fully saturated rings. The van der Waals surface area contributed by atoms with Crippen LogP contribution in [-0.2, 0) is 13.6 Å². The first-order valence-corrected chi connectivity index (χ1v) is 7.74. The molecule has 5 heteroatoms. The molecular formula is C17H25N2O3+. The predicted octanol–water partition coefficient (Wildman–Crippen LogP) is 2.56. The molecule has 0 aliphatic heterocycles. The Morgan fingerprint density at radius 3 is 2.00 bits per heavy atom. The monoisotopic (exact) mass is 305 g/mol. The average Bonchev–Trinajstić information content (AvgIpc) is 2.88. The first kappa shape index (κ1) is 16.2. The van der Waals surface area contributed by atoms with Crippen LogP contribution in [0.2, 0.25) is 0 Å². The van der Waals surface area contributed by atoms with Gasteiger partial charge >= 0.3 is 0 Å². The van der Waals surface area contributed by atoms with E-state index in [1.807, 2.05) is 63.2 Å². The van der Waals surface area contributed by atoms with E-state index < -0.39 is 0 Å². The van der Waals surface area contributed by atoms with Crippen LogP contribution in [0.1, 0.15) is 26.3 Å². The van der Waals surface area contributed by atoms with E-state index in [4.69, 9.17) is 14.2 Å². The lowest BCUT2D eigenvalue weighted by molar-refractivity contribution is -0.671. The van der Waals surface area contributed by atoms with Crippen LogP contribution in [-0.4, -0.2) is 24.4 Å². The molecule has 5 nitrogen and oxygen atoms in total. The first-order valence-electron chi connectivity index (χ1n) is 7.74. The summed E-state index contributed by atoms with van der Waals surface area (Å²) in [7, 11) is 2.01. The molecule has 2 rings (SSSR count). The van der Waals surface area contributed by atoms with Gasteiger partial charge in [0.15, 0.2) is 11.5 Å². The fourth-order valence-corrected chi connectivity index (χ4v) is 2.34. The number of benzene rings is 1. The minimum absolute atomic E-state index is 0.576. The van der Waals surface area contributed by atoms with E-state index >= 15 is 0 Å². The van der Waals surface area contributed by atoms with Gasteiger partial charge in [0.25, 0.3) is 0 Å². The second-order valence-corrected chi connectivity index (χ2v) is 4.97. The summed E-state index contributed by atoms with van der Waals surface area (Å²) in [5, 5.41) is 0. The summed E-state index contributed by atoms with van der Waals surface area (Å²) >= 11 is 0. The largest absolute Gasteiger partial charge is 0.490 e. The minimum atomic E-state index is 0.576. The third-order valence-corrected chi connectivity index (χ3v) is 3.16. The maximum atomic E-state index is 5.74. The van der Waals surface area contributed by atoms with Gasteiger partial charge in [0.1, 0.15) is 18.9 Å². The van der Waals surface area contributed by atoms with Gasteiger partial charge in [0, 0.05) is 5.56 Å². The van der Waals surface area contributed by atoms with Crippen LogP contribution in [0.15, 0.2) is 30.9 Å². The first-order chi connectivity index (χ1) is 10.7. The van der Waals surface area contributed by atoms with Gasteiger partial charge in [-0.15, -0.1) is 0 Å². The lowest BCUT2D eigenvalue weighted by atomic mass is 10.1. The van der Waals surface area contributed by atoms with Crippen LogP contribution in [0.5, 0.6) is 17.2 Å². The zero-order valence-corrected chi connectivity index (χ0v) is 13.8. The zero-order valence-electron chi connectivity index (χ0n) is 13.8. The van der Waals surface area contributed by atoms with Crippen molar-refractivity contribution >= 4 is 0 Å². The highest BCUT2D eigenvalue weighted by Crippen LogP contribution is 2.39. The van der Waals surface area contributed by atoms with Gasteiger partial charge in [-0.2, -0.15) is 0 Å². The number of aryl methyl sites for hydroxylation is 1. The highest BCUT2D eigenvalue weighted by atomic mass is 16.5. The molecule has 0 bridgehead atoms. The lowest BCUT2D eigenvalue weighted by Crippen LogP contribution is -2.23. The molecule has 0 radical (unpaired) electrons. The summed E-state index contributed by atoms with van der Waals surface area (Å²) in [6.45, 7) is 8.41. The lowest BCUT2D eigenvalue weighted by Gasteiger charge is -2.16. The molecule has 0 spiro atoms. The maximum Gasteiger partial charge on any atom is 0.243 e. The molecule has 0 amide bonds. The van der Waals surface area contributed by atoms with Crippen LogP contribution in [0.4, 0.5) is 0 Å². The molecule has 120 valence electrons. The van der Waals surface area contributed by atoms with Gasteiger partial charge in [-0.3, -0.25) is 0 Å². The van der Waals surface area contributed by atoms with Crippen LogP contribution < -0.4 is 18.8 Å². The summed E-state index contributed by atoms with van der Waals surface area (Å²) in [5.41, 5.74) is 1.12. The van der Waals surface area contributed by atoms with Crippen LogP contribution in [0.25, 0.3) is 0 Å². The molecule has 0 unspecified atom stereocenters. The number of rotatable bonds is 8. The van der Waals surface area contributed by atoms with Gasteiger partial charge < -0.3 is 14.2 Å². The Bertz CT molecular complexity index is 581. The molecular weight excluding hydrogens is 280 g/mol. The van der Waals surface area contributed by atoms with Crippen molar-refractivity contribution in [3.63, 3.8) is 0 Å². The molecule has 1 heterocycles. The molecule has 22 heavy (non-hydrogen) atoms. The van der Waals surface area contributed by atoms with Crippen molar-refractivity contribution in [2.75, 3.05) is 19.8 Å². The fraction of sp³-hybridized carbons (Fsp3) is 0.471. The second kappa shape index (κ2) is 7.73. The third-order valence-electron chi connectivity index (χ3n) is 3.16. The maximum absolute atomic E-state index is 5.74. The molecule has 1 aromatic heterocycles. The van der Waals surface area contributed by atoms with Crippen molar-refractivity contribution in [2.45, 2.75) is 27.3 Å². The van der Waals surface area contributed by atoms with E-state index in [-0.39, 0.29) is 0 Å². The summed E-state index contributed by atoms with van der Waals surface area (Å²) < 4.78 is 21.3.